The molecule has 5 heteroatoms. The summed E-state index contributed by atoms with van der Waals surface area (Å²) in [6.45, 7) is 0.822. The van der Waals surface area contributed by atoms with E-state index in [2.05, 4.69) is 15.3 Å². The molecule has 0 bridgehead atoms. The number of fused-ring (bicyclic) bond motifs is 1. The van der Waals surface area contributed by atoms with Crippen molar-refractivity contribution in [2.75, 3.05) is 0 Å². The van der Waals surface area contributed by atoms with Crippen LogP contribution in [0.25, 0.3) is 10.9 Å². The molecule has 0 spiro atoms. The normalized spacial score (nSPS) is 10.6. The third kappa shape index (κ3) is 4.32. The van der Waals surface area contributed by atoms with E-state index >= 15 is 0 Å². The number of ether oxygens (including phenoxy) is 1. The van der Waals surface area contributed by atoms with E-state index in [0.29, 0.717) is 24.7 Å². The maximum absolute atomic E-state index is 12.4. The lowest BCUT2D eigenvalue weighted by Gasteiger charge is -2.08. The zero-order valence-electron chi connectivity index (χ0n) is 15.2. The van der Waals surface area contributed by atoms with Crippen LogP contribution in [0.15, 0.2) is 85.1 Å². The highest BCUT2D eigenvalue weighted by molar-refractivity contribution is 5.94. The molecule has 4 aromatic rings. The molecular weight excluding hydrogens is 350 g/mol. The van der Waals surface area contributed by atoms with E-state index < -0.39 is 0 Å². The fourth-order valence-electron chi connectivity index (χ4n) is 2.84. The van der Waals surface area contributed by atoms with Gasteiger partial charge in [0.25, 0.3) is 5.91 Å². The number of carbonyl (C=O) groups is 1. The fraction of sp³-hybridized carbons (Fsp3) is 0.0870. The molecule has 2 heterocycles. The molecule has 5 nitrogen and oxygen atoms in total. The largest absolute Gasteiger partial charge is 0.473 e. The van der Waals surface area contributed by atoms with E-state index in [-0.39, 0.29) is 5.91 Å². The molecule has 0 atom stereocenters. The highest BCUT2D eigenvalue weighted by Crippen LogP contribution is 2.13. The molecule has 28 heavy (non-hydrogen) atoms. The van der Waals surface area contributed by atoms with Crippen molar-refractivity contribution < 1.29 is 9.53 Å². The van der Waals surface area contributed by atoms with Crippen molar-refractivity contribution in [2.45, 2.75) is 13.2 Å². The zero-order valence-corrected chi connectivity index (χ0v) is 15.2. The van der Waals surface area contributed by atoms with Gasteiger partial charge in [-0.25, -0.2) is 9.97 Å². The number of carbonyl (C=O) groups excluding carboxylic acids is 1. The van der Waals surface area contributed by atoms with E-state index in [1.54, 1.807) is 12.3 Å². The number of nitrogens with zero attached hydrogens (tertiary/aromatic N) is 2. The van der Waals surface area contributed by atoms with Gasteiger partial charge >= 0.3 is 0 Å². The third-order valence-electron chi connectivity index (χ3n) is 4.31. The van der Waals surface area contributed by atoms with Crippen molar-refractivity contribution >= 4 is 16.8 Å². The van der Waals surface area contributed by atoms with Crippen molar-refractivity contribution in [3.05, 3.63) is 102 Å². The van der Waals surface area contributed by atoms with Crippen LogP contribution in [0.1, 0.15) is 21.6 Å². The SMILES string of the molecule is O=C(NCc1ccnc(OCc2ccccc2)c1)c1ccc2ccccc2n1. The average Bonchev–Trinajstić information content (AvgIpc) is 2.77. The molecule has 2 aromatic heterocycles. The summed E-state index contributed by atoms with van der Waals surface area (Å²) in [7, 11) is 0. The summed E-state index contributed by atoms with van der Waals surface area (Å²) in [4.78, 5) is 21.1. The minimum Gasteiger partial charge on any atom is -0.473 e. The molecule has 0 aliphatic heterocycles. The van der Waals surface area contributed by atoms with Gasteiger partial charge in [-0.3, -0.25) is 4.79 Å². The standard InChI is InChI=1S/C23H19N3O2/c27-23(21-11-10-19-8-4-5-9-20(19)26-21)25-15-18-12-13-24-22(14-18)28-16-17-6-2-1-3-7-17/h1-14H,15-16H2,(H,25,27). The summed E-state index contributed by atoms with van der Waals surface area (Å²) in [6, 6.07) is 25.0. The first-order chi connectivity index (χ1) is 13.8. The van der Waals surface area contributed by atoms with Gasteiger partial charge in [-0.2, -0.15) is 0 Å². The van der Waals surface area contributed by atoms with Crippen LogP contribution in [0.5, 0.6) is 5.88 Å². The maximum Gasteiger partial charge on any atom is 0.270 e. The third-order valence-corrected chi connectivity index (χ3v) is 4.31. The molecule has 138 valence electrons. The van der Waals surface area contributed by atoms with E-state index in [0.717, 1.165) is 22.0 Å². The van der Waals surface area contributed by atoms with Gasteiger partial charge in [0.2, 0.25) is 5.88 Å². The minimum atomic E-state index is -0.214. The zero-order chi connectivity index (χ0) is 19.2. The van der Waals surface area contributed by atoms with Gasteiger partial charge in [0.1, 0.15) is 12.3 Å². The van der Waals surface area contributed by atoms with Crippen LogP contribution in [-0.4, -0.2) is 15.9 Å². The smallest absolute Gasteiger partial charge is 0.270 e. The highest BCUT2D eigenvalue weighted by Gasteiger charge is 2.08. The Morgan fingerprint density at radius 2 is 1.71 bits per heavy atom. The second-order valence-electron chi connectivity index (χ2n) is 6.35. The molecule has 1 amide bonds. The summed E-state index contributed by atoms with van der Waals surface area (Å²) in [5.74, 6) is 0.314. The summed E-state index contributed by atoms with van der Waals surface area (Å²) >= 11 is 0. The second-order valence-corrected chi connectivity index (χ2v) is 6.35. The Hall–Kier alpha value is -3.73. The van der Waals surface area contributed by atoms with Gasteiger partial charge in [0, 0.05) is 24.2 Å². The van der Waals surface area contributed by atoms with Gasteiger partial charge < -0.3 is 10.1 Å². The molecule has 1 N–H and O–H groups in total. The van der Waals surface area contributed by atoms with Crippen molar-refractivity contribution in [3.8, 4) is 5.88 Å². The fourth-order valence-corrected chi connectivity index (χ4v) is 2.84. The van der Waals surface area contributed by atoms with E-state index in [4.69, 9.17) is 4.74 Å². The summed E-state index contributed by atoms with van der Waals surface area (Å²) < 4.78 is 5.74. The second kappa shape index (κ2) is 8.31. The van der Waals surface area contributed by atoms with Crippen molar-refractivity contribution in [1.29, 1.82) is 0 Å². The molecule has 0 unspecified atom stereocenters. The molecule has 0 fully saturated rings. The van der Waals surface area contributed by atoms with Gasteiger partial charge in [-0.15, -0.1) is 0 Å². The lowest BCUT2D eigenvalue weighted by atomic mass is 10.2. The Balaban J connectivity index is 1.38. The van der Waals surface area contributed by atoms with Crippen LogP contribution in [0.2, 0.25) is 0 Å². The first-order valence-electron chi connectivity index (χ1n) is 9.03. The van der Waals surface area contributed by atoms with Crippen LogP contribution >= 0.6 is 0 Å². The lowest BCUT2D eigenvalue weighted by Crippen LogP contribution is -2.23. The topological polar surface area (TPSA) is 64.1 Å². The Kier molecular flexibility index (Phi) is 5.24. The monoisotopic (exact) mass is 369 g/mol. The Bertz CT molecular complexity index is 1100. The average molecular weight is 369 g/mol. The number of amides is 1. The first-order valence-corrected chi connectivity index (χ1v) is 9.03. The van der Waals surface area contributed by atoms with Crippen molar-refractivity contribution in [2.24, 2.45) is 0 Å². The molecule has 4 rings (SSSR count). The predicted molar refractivity (Wildman–Crippen MR) is 108 cm³/mol. The number of hydrogen-bond donors (Lipinski definition) is 1. The number of nitrogens with one attached hydrogen (secondary N) is 1. The van der Waals surface area contributed by atoms with Crippen LogP contribution in [0.3, 0.4) is 0 Å². The van der Waals surface area contributed by atoms with Crippen LogP contribution in [-0.2, 0) is 13.2 Å². The van der Waals surface area contributed by atoms with Crippen LogP contribution in [0, 0.1) is 0 Å². The number of pyridine rings is 2. The summed E-state index contributed by atoms with van der Waals surface area (Å²) in [5, 5.41) is 3.90. The van der Waals surface area contributed by atoms with Gasteiger partial charge in [0.15, 0.2) is 0 Å². The molecule has 0 saturated heterocycles. The number of para-hydroxylation sites is 1. The molecule has 0 radical (unpaired) electrons. The number of hydrogen-bond acceptors (Lipinski definition) is 4. The van der Waals surface area contributed by atoms with E-state index in [1.807, 2.05) is 72.8 Å². The highest BCUT2D eigenvalue weighted by atomic mass is 16.5. The summed E-state index contributed by atoms with van der Waals surface area (Å²) in [6.07, 6.45) is 1.68. The molecule has 0 aliphatic rings. The molecule has 2 aromatic carbocycles. The van der Waals surface area contributed by atoms with Crippen molar-refractivity contribution in [3.63, 3.8) is 0 Å². The number of aromatic nitrogens is 2. The van der Waals surface area contributed by atoms with Gasteiger partial charge in [0.05, 0.1) is 5.52 Å². The van der Waals surface area contributed by atoms with Crippen molar-refractivity contribution in [1.82, 2.24) is 15.3 Å². The predicted octanol–water partition coefficient (Wildman–Crippen LogP) is 4.14. The number of rotatable bonds is 6. The first kappa shape index (κ1) is 17.7. The minimum absolute atomic E-state index is 0.214. The Morgan fingerprint density at radius 3 is 2.61 bits per heavy atom. The van der Waals surface area contributed by atoms with E-state index in [1.165, 1.54) is 0 Å². The van der Waals surface area contributed by atoms with Crippen LogP contribution in [0.4, 0.5) is 0 Å². The van der Waals surface area contributed by atoms with Gasteiger partial charge in [-0.05, 0) is 29.3 Å². The quantitative estimate of drug-likeness (QED) is 0.555. The summed E-state index contributed by atoms with van der Waals surface area (Å²) in [5.41, 5.74) is 3.18. The molecule has 0 aliphatic carbocycles. The number of benzene rings is 2. The maximum atomic E-state index is 12.4. The van der Waals surface area contributed by atoms with Crippen LogP contribution < -0.4 is 10.1 Å². The van der Waals surface area contributed by atoms with E-state index in [9.17, 15) is 4.79 Å². The van der Waals surface area contributed by atoms with Gasteiger partial charge in [-0.1, -0.05) is 54.6 Å². The Morgan fingerprint density at radius 1 is 0.893 bits per heavy atom. The Labute approximate surface area is 163 Å². The lowest BCUT2D eigenvalue weighted by molar-refractivity contribution is 0.0946. The molecular formula is C23H19N3O2. The molecule has 0 saturated carbocycles.